The number of hydrogen-bond donors (Lipinski definition) is 3. The monoisotopic (exact) mass is 478 g/mol. The Bertz CT molecular complexity index is 1090. The number of rotatable bonds is 7. The van der Waals surface area contributed by atoms with Gasteiger partial charge in [-0.3, -0.25) is 14.5 Å². The minimum absolute atomic E-state index is 0.0978. The number of nitrogens with two attached hydrogens (primary N) is 1. The molecule has 0 aliphatic heterocycles. The van der Waals surface area contributed by atoms with Gasteiger partial charge in [-0.1, -0.05) is 17.7 Å². The molecule has 0 aliphatic carbocycles. The van der Waals surface area contributed by atoms with Crippen molar-refractivity contribution in [3.05, 3.63) is 53.1 Å². The van der Waals surface area contributed by atoms with Crippen molar-refractivity contribution in [2.24, 2.45) is 5.14 Å². The predicted octanol–water partition coefficient (Wildman–Crippen LogP) is 2.52. The van der Waals surface area contributed by atoms with Gasteiger partial charge >= 0.3 is 6.18 Å². The van der Waals surface area contributed by atoms with Crippen molar-refractivity contribution < 1.29 is 31.2 Å². The lowest BCUT2D eigenvalue weighted by molar-refractivity contribution is -0.137. The number of hydrogen-bond acceptors (Lipinski definition) is 5. The number of halogens is 4. The molecule has 2 amide bonds. The molecule has 2 aromatic carbocycles. The molecule has 0 saturated carbocycles. The molecular weight excluding hydrogens is 461 g/mol. The molecule has 2 aromatic rings. The largest absolute Gasteiger partial charge is 0.417 e. The number of amides is 2. The van der Waals surface area contributed by atoms with Crippen LogP contribution in [0.1, 0.15) is 5.56 Å². The molecule has 0 radical (unpaired) electrons. The molecule has 0 saturated heterocycles. The lowest BCUT2D eigenvalue weighted by atomic mass is 10.2. The van der Waals surface area contributed by atoms with Crippen LogP contribution < -0.4 is 15.8 Å². The van der Waals surface area contributed by atoms with E-state index in [0.717, 1.165) is 6.07 Å². The first-order valence-corrected chi connectivity index (χ1v) is 10.5. The molecule has 31 heavy (non-hydrogen) atoms. The number of nitrogens with zero attached hydrogens (tertiary/aromatic N) is 1. The lowest BCUT2D eigenvalue weighted by Gasteiger charge is -2.17. The van der Waals surface area contributed by atoms with Crippen LogP contribution in [-0.4, -0.2) is 45.3 Å². The van der Waals surface area contributed by atoms with Crippen LogP contribution in [0.2, 0.25) is 5.02 Å². The fraction of sp³-hybridized carbons (Fsp3) is 0.222. The molecule has 4 N–H and O–H groups in total. The predicted molar refractivity (Wildman–Crippen MR) is 109 cm³/mol. The van der Waals surface area contributed by atoms with E-state index in [1.54, 1.807) is 0 Å². The van der Waals surface area contributed by atoms with Crippen molar-refractivity contribution >= 4 is 44.8 Å². The summed E-state index contributed by atoms with van der Waals surface area (Å²) >= 11 is 5.53. The van der Waals surface area contributed by atoms with E-state index in [2.05, 4.69) is 10.6 Å². The molecule has 13 heteroatoms. The Balaban J connectivity index is 1.93. The minimum atomic E-state index is -4.67. The number of likely N-dealkylation sites (N-methyl/N-ethyl adjacent to an activating group) is 1. The number of sulfonamides is 1. The smallest absolute Gasteiger partial charge is 0.325 e. The average Bonchev–Trinajstić information content (AvgIpc) is 2.61. The first kappa shape index (κ1) is 24.6. The number of nitrogens with one attached hydrogen (secondary N) is 2. The molecule has 0 bridgehead atoms. The van der Waals surface area contributed by atoms with Gasteiger partial charge in [-0.25, -0.2) is 13.6 Å². The van der Waals surface area contributed by atoms with E-state index in [-0.39, 0.29) is 29.4 Å². The lowest BCUT2D eigenvalue weighted by Crippen LogP contribution is -2.36. The number of carbonyl (C=O) groups excluding carboxylic acids is 2. The molecule has 0 spiro atoms. The molecule has 8 nitrogen and oxygen atoms in total. The molecule has 0 atom stereocenters. The molecular formula is C18H18ClF3N4O4S. The number of benzene rings is 2. The number of primary sulfonamides is 1. The highest BCUT2D eigenvalue weighted by molar-refractivity contribution is 7.89. The first-order valence-electron chi connectivity index (χ1n) is 8.53. The average molecular weight is 479 g/mol. The zero-order valence-corrected chi connectivity index (χ0v) is 17.6. The van der Waals surface area contributed by atoms with Gasteiger partial charge in [0.15, 0.2) is 0 Å². The maximum absolute atomic E-state index is 12.9. The summed E-state index contributed by atoms with van der Waals surface area (Å²) in [4.78, 5) is 25.3. The summed E-state index contributed by atoms with van der Waals surface area (Å²) in [5.74, 6) is -1.20. The van der Waals surface area contributed by atoms with E-state index in [9.17, 15) is 31.2 Å². The van der Waals surface area contributed by atoms with Gasteiger partial charge in [0, 0.05) is 11.4 Å². The van der Waals surface area contributed by atoms with Crippen molar-refractivity contribution in [2.75, 3.05) is 30.8 Å². The summed E-state index contributed by atoms with van der Waals surface area (Å²) in [5.41, 5.74) is -0.990. The van der Waals surface area contributed by atoms with Crippen LogP contribution in [0.4, 0.5) is 24.5 Å². The Labute approximate surface area is 181 Å². The van der Waals surface area contributed by atoms with Gasteiger partial charge in [-0.05, 0) is 43.4 Å². The topological polar surface area (TPSA) is 122 Å². The quantitative estimate of drug-likeness (QED) is 0.564. The second kappa shape index (κ2) is 9.64. The fourth-order valence-electron chi connectivity index (χ4n) is 2.52. The van der Waals surface area contributed by atoms with Crippen LogP contribution in [0.5, 0.6) is 0 Å². The van der Waals surface area contributed by atoms with Crippen molar-refractivity contribution in [1.29, 1.82) is 0 Å². The van der Waals surface area contributed by atoms with Gasteiger partial charge in [0.05, 0.1) is 28.6 Å². The summed E-state index contributed by atoms with van der Waals surface area (Å²) < 4.78 is 61.4. The molecule has 168 valence electrons. The maximum Gasteiger partial charge on any atom is 0.417 e. The van der Waals surface area contributed by atoms with Gasteiger partial charge in [0.25, 0.3) is 0 Å². The second-order valence-electron chi connectivity index (χ2n) is 6.53. The van der Waals surface area contributed by atoms with Gasteiger partial charge in [-0.15, -0.1) is 0 Å². The van der Waals surface area contributed by atoms with E-state index < -0.39 is 38.6 Å². The van der Waals surface area contributed by atoms with Crippen molar-refractivity contribution in [3.8, 4) is 0 Å². The van der Waals surface area contributed by atoms with Crippen LogP contribution >= 0.6 is 11.6 Å². The van der Waals surface area contributed by atoms with E-state index in [4.69, 9.17) is 16.7 Å². The van der Waals surface area contributed by atoms with Crippen LogP contribution in [0, 0.1) is 0 Å². The van der Waals surface area contributed by atoms with Crippen molar-refractivity contribution in [1.82, 2.24) is 4.90 Å². The fourth-order valence-corrected chi connectivity index (χ4v) is 3.30. The van der Waals surface area contributed by atoms with Crippen molar-refractivity contribution in [3.63, 3.8) is 0 Å². The van der Waals surface area contributed by atoms with Crippen LogP contribution in [0.15, 0.2) is 47.4 Å². The van der Waals surface area contributed by atoms with Gasteiger partial charge in [0.2, 0.25) is 21.8 Å². The maximum atomic E-state index is 12.9. The second-order valence-corrected chi connectivity index (χ2v) is 8.50. The van der Waals surface area contributed by atoms with E-state index in [1.807, 2.05) is 0 Å². The van der Waals surface area contributed by atoms with Crippen molar-refractivity contribution in [2.45, 2.75) is 11.1 Å². The normalized spacial score (nSPS) is 12.0. The molecule has 0 aromatic heterocycles. The van der Waals surface area contributed by atoms with E-state index >= 15 is 0 Å². The Hall–Kier alpha value is -2.67. The van der Waals surface area contributed by atoms with Crippen LogP contribution in [0.3, 0.4) is 0 Å². The Kier molecular flexibility index (Phi) is 7.65. The highest BCUT2D eigenvalue weighted by Crippen LogP contribution is 2.36. The minimum Gasteiger partial charge on any atom is -0.325 e. The number of alkyl halides is 3. The molecule has 2 rings (SSSR count). The summed E-state index contributed by atoms with van der Waals surface area (Å²) in [6, 6.07) is 8.26. The summed E-state index contributed by atoms with van der Waals surface area (Å²) in [5, 5.41) is 9.31. The summed E-state index contributed by atoms with van der Waals surface area (Å²) in [6.07, 6.45) is -4.67. The summed E-state index contributed by atoms with van der Waals surface area (Å²) in [7, 11) is -2.49. The molecule has 0 fully saturated rings. The number of carbonyl (C=O) groups is 2. The van der Waals surface area contributed by atoms with Crippen LogP contribution in [-0.2, 0) is 25.8 Å². The Morgan fingerprint density at radius 2 is 1.58 bits per heavy atom. The van der Waals surface area contributed by atoms with Crippen LogP contribution in [0.25, 0.3) is 0 Å². The van der Waals surface area contributed by atoms with Gasteiger partial charge < -0.3 is 10.6 Å². The van der Waals surface area contributed by atoms with Gasteiger partial charge in [-0.2, -0.15) is 13.2 Å². The third kappa shape index (κ3) is 7.51. The molecule has 0 aliphatic rings. The van der Waals surface area contributed by atoms with Gasteiger partial charge in [0.1, 0.15) is 0 Å². The van der Waals surface area contributed by atoms with E-state index in [0.29, 0.717) is 6.07 Å². The third-order valence-electron chi connectivity index (χ3n) is 3.83. The molecule has 0 heterocycles. The third-order valence-corrected chi connectivity index (χ3v) is 5.07. The summed E-state index contributed by atoms with van der Waals surface area (Å²) in [6.45, 7) is -0.546. The number of anilines is 2. The first-order chi connectivity index (χ1) is 14.3. The highest BCUT2D eigenvalue weighted by atomic mass is 35.5. The van der Waals surface area contributed by atoms with E-state index in [1.165, 1.54) is 42.3 Å². The zero-order valence-electron chi connectivity index (χ0n) is 16.0. The standard InChI is InChI=1S/C18H18ClF3N4O4S/c1-26(9-16(27)24-11-3-2-4-13(7-11)31(23,29)30)10-17(28)25-12-5-6-15(19)14(8-12)18(20,21)22/h2-8H,9-10H2,1H3,(H,24,27)(H,25,28)(H2,23,29,30). The Morgan fingerprint density at radius 3 is 2.10 bits per heavy atom. The molecule has 0 unspecified atom stereocenters. The highest BCUT2D eigenvalue weighted by Gasteiger charge is 2.33. The SMILES string of the molecule is CN(CC(=O)Nc1cccc(S(N)(=O)=O)c1)CC(=O)Nc1ccc(Cl)c(C(F)(F)F)c1. The zero-order chi connectivity index (χ0) is 23.4. The Morgan fingerprint density at radius 1 is 1.03 bits per heavy atom.